The summed E-state index contributed by atoms with van der Waals surface area (Å²) in [7, 11) is 0. The number of hydrogen-bond donors (Lipinski definition) is 1. The number of rotatable bonds is 3. The Morgan fingerprint density at radius 3 is 2.22 bits per heavy atom. The van der Waals surface area contributed by atoms with Crippen molar-refractivity contribution in [1.29, 1.82) is 0 Å². The highest BCUT2D eigenvalue weighted by atomic mass is 127. The molecule has 0 saturated carbocycles. The molecule has 0 amide bonds. The molecule has 1 saturated heterocycles. The molecule has 0 spiro atoms. The van der Waals surface area contributed by atoms with Crippen molar-refractivity contribution in [2.75, 3.05) is 26.2 Å². The maximum Gasteiger partial charge on any atom is 0.0346 e. The number of nitrogens with one attached hydrogen (secondary N) is 1. The van der Waals surface area contributed by atoms with Gasteiger partial charge in [-0.15, -0.1) is 24.8 Å². The minimum atomic E-state index is 0. The zero-order valence-corrected chi connectivity index (χ0v) is 14.4. The first-order chi connectivity index (χ1) is 7.81. The second kappa shape index (κ2) is 9.37. The molecular formula is C13H21Cl2IN2. The quantitative estimate of drug-likeness (QED) is 0.778. The van der Waals surface area contributed by atoms with Crippen molar-refractivity contribution in [2.24, 2.45) is 0 Å². The molecule has 1 aromatic carbocycles. The molecule has 0 radical (unpaired) electrons. The zero-order chi connectivity index (χ0) is 11.4. The van der Waals surface area contributed by atoms with Crippen molar-refractivity contribution < 1.29 is 0 Å². The molecule has 18 heavy (non-hydrogen) atoms. The van der Waals surface area contributed by atoms with Crippen LogP contribution in [0.3, 0.4) is 0 Å². The average Bonchev–Trinajstić information content (AvgIpc) is 2.34. The van der Waals surface area contributed by atoms with E-state index in [1.807, 2.05) is 0 Å². The molecule has 0 aliphatic carbocycles. The summed E-state index contributed by atoms with van der Waals surface area (Å²) in [6.45, 7) is 6.88. The summed E-state index contributed by atoms with van der Waals surface area (Å²) in [6.07, 6.45) is 1.20. The van der Waals surface area contributed by atoms with Crippen LogP contribution in [0.4, 0.5) is 0 Å². The van der Waals surface area contributed by atoms with E-state index in [1.165, 1.54) is 28.6 Å². The SMILES string of the molecule is CC[C@@H](c1ccc(I)cc1)N1CCNCC1.Cl.Cl. The van der Waals surface area contributed by atoms with Gasteiger partial charge in [0.05, 0.1) is 0 Å². The second-order valence-electron chi connectivity index (χ2n) is 4.26. The van der Waals surface area contributed by atoms with Crippen molar-refractivity contribution in [3.05, 3.63) is 33.4 Å². The molecule has 2 rings (SSSR count). The predicted octanol–water partition coefficient (Wildman–Crippen LogP) is 3.49. The third kappa shape index (κ3) is 4.85. The molecule has 1 aromatic rings. The van der Waals surface area contributed by atoms with Gasteiger partial charge in [0.25, 0.3) is 0 Å². The maximum absolute atomic E-state index is 3.41. The lowest BCUT2D eigenvalue weighted by Gasteiger charge is -2.34. The van der Waals surface area contributed by atoms with E-state index in [4.69, 9.17) is 0 Å². The van der Waals surface area contributed by atoms with Crippen molar-refractivity contribution in [1.82, 2.24) is 10.2 Å². The van der Waals surface area contributed by atoms with Gasteiger partial charge in [-0.3, -0.25) is 4.90 Å². The summed E-state index contributed by atoms with van der Waals surface area (Å²) in [6, 6.07) is 9.57. The van der Waals surface area contributed by atoms with Crippen LogP contribution < -0.4 is 5.32 Å². The summed E-state index contributed by atoms with van der Waals surface area (Å²) in [4.78, 5) is 2.60. The van der Waals surface area contributed by atoms with Crippen LogP contribution in [0, 0.1) is 3.57 Å². The fourth-order valence-corrected chi connectivity index (χ4v) is 2.74. The van der Waals surface area contributed by atoms with Crippen molar-refractivity contribution >= 4 is 47.4 Å². The maximum atomic E-state index is 3.41. The Labute approximate surface area is 136 Å². The van der Waals surface area contributed by atoms with Gasteiger partial charge in [-0.25, -0.2) is 0 Å². The lowest BCUT2D eigenvalue weighted by molar-refractivity contribution is 0.169. The Balaban J connectivity index is 0.00000144. The summed E-state index contributed by atoms with van der Waals surface area (Å²) in [5, 5.41) is 3.41. The molecule has 5 heteroatoms. The third-order valence-corrected chi connectivity index (χ3v) is 3.95. The van der Waals surface area contributed by atoms with Gasteiger partial charge in [0, 0.05) is 35.8 Å². The average molecular weight is 403 g/mol. The fraction of sp³-hybridized carbons (Fsp3) is 0.538. The van der Waals surface area contributed by atoms with Gasteiger partial charge < -0.3 is 5.32 Å². The molecule has 2 nitrogen and oxygen atoms in total. The fourth-order valence-electron chi connectivity index (χ4n) is 2.38. The lowest BCUT2D eigenvalue weighted by atomic mass is 10.0. The minimum Gasteiger partial charge on any atom is -0.314 e. The van der Waals surface area contributed by atoms with Crippen LogP contribution in [0.25, 0.3) is 0 Å². The third-order valence-electron chi connectivity index (χ3n) is 3.23. The lowest BCUT2D eigenvalue weighted by Crippen LogP contribution is -2.45. The second-order valence-corrected chi connectivity index (χ2v) is 5.51. The molecule has 1 fully saturated rings. The summed E-state index contributed by atoms with van der Waals surface area (Å²) < 4.78 is 1.32. The first-order valence-electron chi connectivity index (χ1n) is 6.01. The monoisotopic (exact) mass is 402 g/mol. The van der Waals surface area contributed by atoms with E-state index in [0.717, 1.165) is 13.1 Å². The number of piperazine rings is 1. The number of nitrogens with zero attached hydrogens (tertiary/aromatic N) is 1. The van der Waals surface area contributed by atoms with E-state index >= 15 is 0 Å². The Morgan fingerprint density at radius 2 is 1.72 bits per heavy atom. The number of halogens is 3. The highest BCUT2D eigenvalue weighted by molar-refractivity contribution is 14.1. The highest BCUT2D eigenvalue weighted by Crippen LogP contribution is 2.24. The molecule has 1 aliphatic rings. The smallest absolute Gasteiger partial charge is 0.0346 e. The molecule has 1 atom stereocenters. The first-order valence-corrected chi connectivity index (χ1v) is 7.09. The van der Waals surface area contributed by atoms with Crippen LogP contribution in [0.15, 0.2) is 24.3 Å². The zero-order valence-electron chi connectivity index (χ0n) is 10.6. The van der Waals surface area contributed by atoms with Crippen molar-refractivity contribution in [3.63, 3.8) is 0 Å². The van der Waals surface area contributed by atoms with Crippen LogP contribution in [-0.4, -0.2) is 31.1 Å². The van der Waals surface area contributed by atoms with Gasteiger partial charge in [0.2, 0.25) is 0 Å². The van der Waals surface area contributed by atoms with E-state index < -0.39 is 0 Å². The molecular weight excluding hydrogens is 382 g/mol. The summed E-state index contributed by atoms with van der Waals surface area (Å²) >= 11 is 2.36. The Bertz CT molecular complexity index is 326. The molecule has 1 aliphatic heterocycles. The van der Waals surface area contributed by atoms with E-state index in [2.05, 4.69) is 64.0 Å². The van der Waals surface area contributed by atoms with Crippen LogP contribution in [0.5, 0.6) is 0 Å². The van der Waals surface area contributed by atoms with E-state index in [9.17, 15) is 0 Å². The van der Waals surface area contributed by atoms with Crippen LogP contribution in [-0.2, 0) is 0 Å². The minimum absolute atomic E-state index is 0. The van der Waals surface area contributed by atoms with Crippen LogP contribution in [0.2, 0.25) is 0 Å². The van der Waals surface area contributed by atoms with Crippen molar-refractivity contribution in [3.8, 4) is 0 Å². The normalized spacial score (nSPS) is 17.4. The van der Waals surface area contributed by atoms with E-state index in [0.29, 0.717) is 6.04 Å². The van der Waals surface area contributed by atoms with Gasteiger partial charge in [-0.1, -0.05) is 19.1 Å². The molecule has 104 valence electrons. The van der Waals surface area contributed by atoms with Gasteiger partial charge in [-0.2, -0.15) is 0 Å². The highest BCUT2D eigenvalue weighted by Gasteiger charge is 2.19. The molecule has 1 heterocycles. The van der Waals surface area contributed by atoms with Gasteiger partial charge in [-0.05, 0) is 46.7 Å². The van der Waals surface area contributed by atoms with Crippen LogP contribution in [0.1, 0.15) is 24.9 Å². The van der Waals surface area contributed by atoms with Gasteiger partial charge in [0.15, 0.2) is 0 Å². The summed E-state index contributed by atoms with van der Waals surface area (Å²) in [5.74, 6) is 0. The van der Waals surface area contributed by atoms with E-state index in [-0.39, 0.29) is 24.8 Å². The number of hydrogen-bond acceptors (Lipinski definition) is 2. The largest absolute Gasteiger partial charge is 0.314 e. The van der Waals surface area contributed by atoms with Crippen molar-refractivity contribution in [2.45, 2.75) is 19.4 Å². The number of benzene rings is 1. The Kier molecular flexibility index (Phi) is 9.60. The standard InChI is InChI=1S/C13H19IN2.2ClH/c1-2-13(16-9-7-15-8-10-16)11-3-5-12(14)6-4-11;;/h3-6,13,15H,2,7-10H2,1H3;2*1H/t13-;;/m0../s1. The molecule has 0 unspecified atom stereocenters. The van der Waals surface area contributed by atoms with Gasteiger partial charge >= 0.3 is 0 Å². The predicted molar refractivity (Wildman–Crippen MR) is 91.1 cm³/mol. The van der Waals surface area contributed by atoms with E-state index in [1.54, 1.807) is 0 Å². The topological polar surface area (TPSA) is 15.3 Å². The Morgan fingerprint density at radius 1 is 1.17 bits per heavy atom. The van der Waals surface area contributed by atoms with Gasteiger partial charge in [0.1, 0.15) is 0 Å². The first kappa shape index (κ1) is 18.4. The molecule has 0 aromatic heterocycles. The molecule has 1 N–H and O–H groups in total. The van der Waals surface area contributed by atoms with Crippen LogP contribution >= 0.6 is 47.4 Å². The summed E-state index contributed by atoms with van der Waals surface area (Å²) in [5.41, 5.74) is 1.46. The Hall–Kier alpha value is 0.450. The molecule has 0 bridgehead atoms.